The van der Waals surface area contributed by atoms with Crippen LogP contribution in [0.2, 0.25) is 0 Å². The number of hydrogen-bond acceptors (Lipinski definition) is 3. The van der Waals surface area contributed by atoms with Gasteiger partial charge in [-0.2, -0.15) is 0 Å². The van der Waals surface area contributed by atoms with Crippen molar-refractivity contribution in [2.24, 2.45) is 5.92 Å². The highest BCUT2D eigenvalue weighted by molar-refractivity contribution is 5.92. The lowest BCUT2D eigenvalue weighted by Crippen LogP contribution is -2.57. The molecule has 25 heavy (non-hydrogen) atoms. The molecule has 4 nitrogen and oxygen atoms in total. The van der Waals surface area contributed by atoms with E-state index < -0.39 is 11.6 Å². The molecule has 3 aliphatic heterocycles. The first-order chi connectivity index (χ1) is 11.6. The van der Waals surface area contributed by atoms with Gasteiger partial charge in [-0.05, 0) is 62.2 Å². The molecule has 2 bridgehead atoms. The van der Waals surface area contributed by atoms with Gasteiger partial charge in [0.15, 0.2) is 17.4 Å². The van der Waals surface area contributed by atoms with E-state index in [-0.39, 0.29) is 30.1 Å². The van der Waals surface area contributed by atoms with Crippen molar-refractivity contribution < 1.29 is 18.0 Å². The SMILES string of the molecule is Cl.O=C(N[C@H]1CN2CCC1CC2)c1ccc(-c2ccc(F)c(F)c2)o1. The summed E-state index contributed by atoms with van der Waals surface area (Å²) in [5, 5.41) is 3.04. The normalized spacial score (nSPS) is 24.6. The Morgan fingerprint density at radius 1 is 1.12 bits per heavy atom. The number of carbonyl (C=O) groups is 1. The fourth-order valence-corrected chi connectivity index (χ4v) is 3.63. The van der Waals surface area contributed by atoms with Crippen molar-refractivity contribution in [1.82, 2.24) is 10.2 Å². The second kappa shape index (κ2) is 7.14. The fourth-order valence-electron chi connectivity index (χ4n) is 3.63. The van der Waals surface area contributed by atoms with E-state index in [2.05, 4.69) is 10.2 Å². The smallest absolute Gasteiger partial charge is 0.287 e. The van der Waals surface area contributed by atoms with Gasteiger partial charge in [0.1, 0.15) is 5.76 Å². The number of halogens is 3. The van der Waals surface area contributed by atoms with Crippen LogP contribution >= 0.6 is 12.4 Å². The number of piperidine rings is 3. The maximum Gasteiger partial charge on any atom is 0.287 e. The molecular formula is C18H19ClF2N2O2. The lowest BCUT2D eigenvalue weighted by Gasteiger charge is -2.44. The third-order valence-corrected chi connectivity index (χ3v) is 5.01. The molecule has 1 amide bonds. The summed E-state index contributed by atoms with van der Waals surface area (Å²) >= 11 is 0. The number of carbonyl (C=O) groups excluding carboxylic acids is 1. The predicted octanol–water partition coefficient (Wildman–Crippen LogP) is 3.47. The van der Waals surface area contributed by atoms with Gasteiger partial charge in [0.05, 0.1) is 0 Å². The quantitative estimate of drug-likeness (QED) is 0.902. The van der Waals surface area contributed by atoms with Crippen molar-refractivity contribution in [3.05, 3.63) is 47.7 Å². The molecule has 0 aliphatic carbocycles. The molecule has 134 valence electrons. The van der Waals surface area contributed by atoms with E-state index in [4.69, 9.17) is 4.42 Å². The van der Waals surface area contributed by atoms with Crippen LogP contribution in [0.1, 0.15) is 23.4 Å². The first kappa shape index (κ1) is 17.9. The average Bonchev–Trinajstić information content (AvgIpc) is 3.09. The van der Waals surface area contributed by atoms with E-state index >= 15 is 0 Å². The number of fused-ring (bicyclic) bond motifs is 3. The zero-order valence-electron chi connectivity index (χ0n) is 13.5. The Bertz CT molecular complexity index is 772. The Kier molecular flexibility index (Phi) is 5.11. The van der Waals surface area contributed by atoms with E-state index in [0.29, 0.717) is 17.2 Å². The molecule has 1 N–H and O–H groups in total. The molecule has 0 radical (unpaired) electrons. The molecule has 0 unspecified atom stereocenters. The monoisotopic (exact) mass is 368 g/mol. The molecule has 0 saturated carbocycles. The van der Waals surface area contributed by atoms with Gasteiger partial charge in [-0.3, -0.25) is 4.79 Å². The molecule has 2 aromatic rings. The third kappa shape index (κ3) is 3.55. The minimum atomic E-state index is -0.942. The number of amides is 1. The van der Waals surface area contributed by atoms with Crippen LogP contribution in [-0.4, -0.2) is 36.5 Å². The number of nitrogens with zero attached hydrogens (tertiary/aromatic N) is 1. The Morgan fingerprint density at radius 2 is 1.88 bits per heavy atom. The van der Waals surface area contributed by atoms with Crippen LogP contribution in [0.4, 0.5) is 8.78 Å². The van der Waals surface area contributed by atoms with Crippen LogP contribution in [0.25, 0.3) is 11.3 Å². The average molecular weight is 369 g/mol. The molecule has 3 fully saturated rings. The Labute approximate surface area is 150 Å². The van der Waals surface area contributed by atoms with Gasteiger partial charge in [-0.25, -0.2) is 8.78 Å². The summed E-state index contributed by atoms with van der Waals surface area (Å²) in [4.78, 5) is 14.8. The van der Waals surface area contributed by atoms with Gasteiger partial charge in [0, 0.05) is 18.2 Å². The zero-order valence-corrected chi connectivity index (χ0v) is 14.3. The van der Waals surface area contributed by atoms with Gasteiger partial charge in [-0.15, -0.1) is 12.4 Å². The van der Waals surface area contributed by atoms with Gasteiger partial charge in [0.25, 0.3) is 5.91 Å². The number of rotatable bonds is 3. The molecule has 7 heteroatoms. The topological polar surface area (TPSA) is 45.5 Å². The predicted molar refractivity (Wildman–Crippen MR) is 91.7 cm³/mol. The molecule has 1 atom stereocenters. The van der Waals surface area contributed by atoms with Crippen LogP contribution in [0.5, 0.6) is 0 Å². The number of nitrogens with one attached hydrogen (secondary N) is 1. The summed E-state index contributed by atoms with van der Waals surface area (Å²) in [6.45, 7) is 3.10. The van der Waals surface area contributed by atoms with Gasteiger partial charge < -0.3 is 14.6 Å². The minimum absolute atomic E-state index is 0. The summed E-state index contributed by atoms with van der Waals surface area (Å²) in [6, 6.07) is 6.83. The largest absolute Gasteiger partial charge is 0.451 e. The Morgan fingerprint density at radius 3 is 2.52 bits per heavy atom. The summed E-state index contributed by atoms with van der Waals surface area (Å²) in [7, 11) is 0. The van der Waals surface area contributed by atoms with Crippen LogP contribution in [0.3, 0.4) is 0 Å². The summed E-state index contributed by atoms with van der Waals surface area (Å²) in [5.41, 5.74) is 0.399. The third-order valence-electron chi connectivity index (χ3n) is 5.01. The highest BCUT2D eigenvalue weighted by Gasteiger charge is 2.35. The van der Waals surface area contributed by atoms with Gasteiger partial charge in [0.2, 0.25) is 0 Å². The molecule has 0 spiro atoms. The molecular weight excluding hydrogens is 350 g/mol. The highest BCUT2D eigenvalue weighted by atomic mass is 35.5. The van der Waals surface area contributed by atoms with Crippen LogP contribution in [0, 0.1) is 17.6 Å². The fraction of sp³-hybridized carbons (Fsp3) is 0.389. The maximum atomic E-state index is 13.3. The van der Waals surface area contributed by atoms with E-state index in [9.17, 15) is 13.6 Å². The Hall–Kier alpha value is -1.92. The van der Waals surface area contributed by atoms with E-state index in [1.807, 2.05) is 0 Å². The number of hydrogen-bond donors (Lipinski definition) is 1. The van der Waals surface area contributed by atoms with Crippen molar-refractivity contribution in [3.63, 3.8) is 0 Å². The van der Waals surface area contributed by atoms with E-state index in [1.165, 1.54) is 6.07 Å². The molecule has 1 aromatic carbocycles. The molecule has 5 rings (SSSR count). The van der Waals surface area contributed by atoms with Crippen LogP contribution < -0.4 is 5.32 Å². The summed E-state index contributed by atoms with van der Waals surface area (Å²) < 4.78 is 31.9. The second-order valence-corrected chi connectivity index (χ2v) is 6.51. The van der Waals surface area contributed by atoms with Crippen molar-refractivity contribution in [3.8, 4) is 11.3 Å². The second-order valence-electron chi connectivity index (χ2n) is 6.51. The van der Waals surface area contributed by atoms with Crippen LogP contribution in [0.15, 0.2) is 34.7 Å². The van der Waals surface area contributed by atoms with Crippen molar-refractivity contribution in [2.75, 3.05) is 19.6 Å². The molecule has 4 heterocycles. The van der Waals surface area contributed by atoms with Gasteiger partial charge in [-0.1, -0.05) is 0 Å². The van der Waals surface area contributed by atoms with E-state index in [0.717, 1.165) is 44.6 Å². The number of benzene rings is 1. The first-order valence-corrected chi connectivity index (χ1v) is 8.18. The lowest BCUT2D eigenvalue weighted by molar-refractivity contribution is 0.0606. The highest BCUT2D eigenvalue weighted by Crippen LogP contribution is 2.28. The number of furan rings is 1. The molecule has 3 saturated heterocycles. The van der Waals surface area contributed by atoms with Crippen molar-refractivity contribution in [2.45, 2.75) is 18.9 Å². The summed E-state index contributed by atoms with van der Waals surface area (Å²) in [6.07, 6.45) is 2.23. The summed E-state index contributed by atoms with van der Waals surface area (Å²) in [5.74, 6) is -1.06. The van der Waals surface area contributed by atoms with Crippen LogP contribution in [-0.2, 0) is 0 Å². The van der Waals surface area contributed by atoms with Crippen molar-refractivity contribution >= 4 is 18.3 Å². The minimum Gasteiger partial charge on any atom is -0.451 e. The van der Waals surface area contributed by atoms with Gasteiger partial charge >= 0.3 is 0 Å². The van der Waals surface area contributed by atoms with Crippen molar-refractivity contribution in [1.29, 1.82) is 0 Å². The zero-order chi connectivity index (χ0) is 16.7. The Balaban J connectivity index is 0.00000182. The maximum absolute atomic E-state index is 13.3. The lowest BCUT2D eigenvalue weighted by atomic mass is 9.84. The standard InChI is InChI=1S/C18H18F2N2O2.ClH/c19-13-2-1-12(9-14(13)20)16-3-4-17(24-16)18(23)21-15-10-22-7-5-11(15)6-8-22;/h1-4,9,11,15H,5-8,10H2,(H,21,23);1H/t15-;/m0./s1. The molecule has 3 aliphatic rings. The van der Waals surface area contributed by atoms with E-state index in [1.54, 1.807) is 12.1 Å². The first-order valence-electron chi connectivity index (χ1n) is 8.18. The molecule has 1 aromatic heterocycles.